The van der Waals surface area contributed by atoms with E-state index in [0.29, 0.717) is 20.3 Å². The lowest BCUT2D eigenvalue weighted by atomic mass is 10.1. The lowest BCUT2D eigenvalue weighted by molar-refractivity contribution is 0.988. The fourth-order valence-corrected chi connectivity index (χ4v) is 4.15. The molecular formula is C16H13Cl3N2S. The second-order valence-electron chi connectivity index (χ2n) is 5.10. The predicted octanol–water partition coefficient (Wildman–Crippen LogP) is 6.35. The number of rotatable bonds is 2. The van der Waals surface area contributed by atoms with E-state index in [4.69, 9.17) is 34.8 Å². The Morgan fingerprint density at radius 3 is 2.50 bits per heavy atom. The van der Waals surface area contributed by atoms with Crippen molar-refractivity contribution in [1.82, 2.24) is 0 Å². The van der Waals surface area contributed by atoms with Crippen molar-refractivity contribution in [3.8, 4) is 0 Å². The molecule has 0 fully saturated rings. The Bertz CT molecular complexity index is 726. The van der Waals surface area contributed by atoms with Crippen LogP contribution in [0.25, 0.3) is 0 Å². The van der Waals surface area contributed by atoms with Crippen LogP contribution in [0.4, 0.5) is 5.69 Å². The third-order valence-corrected chi connectivity index (χ3v) is 5.09. The van der Waals surface area contributed by atoms with Gasteiger partial charge in [-0.15, -0.1) is 11.8 Å². The van der Waals surface area contributed by atoms with Crippen LogP contribution in [-0.4, -0.2) is 11.0 Å². The molecule has 0 spiro atoms. The summed E-state index contributed by atoms with van der Waals surface area (Å²) in [5.74, 6) is 0. The molecule has 0 amide bonds. The third kappa shape index (κ3) is 3.72. The molecular weight excluding hydrogens is 359 g/mol. The first kappa shape index (κ1) is 16.0. The lowest BCUT2D eigenvalue weighted by Gasteiger charge is -2.22. The number of hydrogen-bond acceptors (Lipinski definition) is 3. The van der Waals surface area contributed by atoms with Crippen molar-refractivity contribution >= 4 is 58.0 Å². The normalized spacial score (nSPS) is 19.1. The Kier molecular flexibility index (Phi) is 4.88. The molecule has 1 N–H and O–H groups in total. The molecule has 0 saturated heterocycles. The first-order chi connectivity index (χ1) is 10.5. The van der Waals surface area contributed by atoms with Crippen LogP contribution < -0.4 is 5.43 Å². The summed E-state index contributed by atoms with van der Waals surface area (Å²) in [5.41, 5.74) is 5.87. The highest BCUT2D eigenvalue weighted by Crippen LogP contribution is 2.36. The van der Waals surface area contributed by atoms with Crippen molar-refractivity contribution < 1.29 is 0 Å². The zero-order chi connectivity index (χ0) is 15.7. The summed E-state index contributed by atoms with van der Waals surface area (Å²) in [4.78, 5) is 1.20. The minimum atomic E-state index is 0.470. The Hall–Kier alpha value is -0.870. The average Bonchev–Trinajstić information content (AvgIpc) is 2.44. The van der Waals surface area contributed by atoms with Crippen LogP contribution in [0.15, 0.2) is 46.4 Å². The van der Waals surface area contributed by atoms with Crippen LogP contribution in [0.5, 0.6) is 0 Å². The summed E-state index contributed by atoms with van der Waals surface area (Å²) in [6.07, 6.45) is 0.874. The minimum absolute atomic E-state index is 0.470. The van der Waals surface area contributed by atoms with Crippen molar-refractivity contribution in [1.29, 1.82) is 0 Å². The van der Waals surface area contributed by atoms with Crippen molar-refractivity contribution in [3.05, 3.63) is 57.0 Å². The Balaban J connectivity index is 1.92. The highest BCUT2D eigenvalue weighted by molar-refractivity contribution is 8.00. The smallest absolute Gasteiger partial charge is 0.0702 e. The molecule has 1 aliphatic heterocycles. The van der Waals surface area contributed by atoms with Crippen LogP contribution in [0.1, 0.15) is 18.9 Å². The maximum Gasteiger partial charge on any atom is 0.0702 e. The number of nitrogens with one attached hydrogen (secondary N) is 1. The predicted molar refractivity (Wildman–Crippen MR) is 98.0 cm³/mol. The van der Waals surface area contributed by atoms with Gasteiger partial charge in [0.25, 0.3) is 0 Å². The molecule has 1 atom stereocenters. The van der Waals surface area contributed by atoms with Crippen molar-refractivity contribution in [2.75, 3.05) is 5.43 Å². The van der Waals surface area contributed by atoms with Crippen LogP contribution in [0, 0.1) is 0 Å². The van der Waals surface area contributed by atoms with Gasteiger partial charge in [-0.1, -0.05) is 41.7 Å². The van der Waals surface area contributed by atoms with Gasteiger partial charge in [-0.05, 0) is 36.4 Å². The quantitative estimate of drug-likeness (QED) is 0.622. The number of benzene rings is 2. The molecule has 0 radical (unpaired) electrons. The molecule has 0 bridgehead atoms. The van der Waals surface area contributed by atoms with E-state index in [2.05, 4.69) is 17.5 Å². The van der Waals surface area contributed by atoms with Gasteiger partial charge < -0.3 is 0 Å². The molecule has 0 aromatic heterocycles. The summed E-state index contributed by atoms with van der Waals surface area (Å²) in [6.45, 7) is 2.19. The maximum absolute atomic E-state index is 6.12. The van der Waals surface area contributed by atoms with E-state index in [0.717, 1.165) is 23.4 Å². The van der Waals surface area contributed by atoms with Gasteiger partial charge in [0.05, 0.1) is 11.4 Å². The molecule has 2 nitrogen and oxygen atoms in total. The maximum atomic E-state index is 6.12. The average molecular weight is 372 g/mol. The number of halogens is 3. The molecule has 114 valence electrons. The van der Waals surface area contributed by atoms with E-state index in [9.17, 15) is 0 Å². The number of hydrogen-bond donors (Lipinski definition) is 1. The Morgan fingerprint density at radius 1 is 1.05 bits per heavy atom. The van der Waals surface area contributed by atoms with E-state index in [1.54, 1.807) is 18.2 Å². The molecule has 2 aromatic carbocycles. The third-order valence-electron chi connectivity index (χ3n) is 3.24. The van der Waals surface area contributed by atoms with Crippen molar-refractivity contribution in [2.45, 2.75) is 23.5 Å². The SMILES string of the molecule is C[C@@H]1CC(=NNc2cc(Cl)cc(Cl)c2)c2cc(Cl)ccc2S1. The van der Waals surface area contributed by atoms with E-state index in [1.807, 2.05) is 30.0 Å². The van der Waals surface area contributed by atoms with Crippen LogP contribution in [0.3, 0.4) is 0 Å². The lowest BCUT2D eigenvalue weighted by Crippen LogP contribution is -2.17. The van der Waals surface area contributed by atoms with Gasteiger partial charge in [-0.25, -0.2) is 0 Å². The summed E-state index contributed by atoms with van der Waals surface area (Å²) < 4.78 is 0. The monoisotopic (exact) mass is 370 g/mol. The number of fused-ring (bicyclic) bond motifs is 1. The standard InChI is InChI=1S/C16H13Cl3N2S/c1-9-4-15(14-8-10(17)2-3-16(14)22-9)21-20-13-6-11(18)5-12(19)7-13/h2-3,5-9,20H,4H2,1H3/t9-/m1/s1. The van der Waals surface area contributed by atoms with Gasteiger partial charge in [-0.3, -0.25) is 5.43 Å². The zero-order valence-electron chi connectivity index (χ0n) is 11.7. The van der Waals surface area contributed by atoms with Gasteiger partial charge in [0, 0.05) is 37.2 Å². The van der Waals surface area contributed by atoms with Crippen molar-refractivity contribution in [3.63, 3.8) is 0 Å². The Morgan fingerprint density at radius 2 is 1.77 bits per heavy atom. The minimum Gasteiger partial charge on any atom is -0.278 e. The van der Waals surface area contributed by atoms with Gasteiger partial charge in [-0.2, -0.15) is 5.10 Å². The van der Waals surface area contributed by atoms with E-state index >= 15 is 0 Å². The van der Waals surface area contributed by atoms with Crippen LogP contribution >= 0.6 is 46.6 Å². The van der Waals surface area contributed by atoms with Gasteiger partial charge in [0.2, 0.25) is 0 Å². The van der Waals surface area contributed by atoms with E-state index in [-0.39, 0.29) is 0 Å². The largest absolute Gasteiger partial charge is 0.278 e. The van der Waals surface area contributed by atoms with Gasteiger partial charge >= 0.3 is 0 Å². The fourth-order valence-electron chi connectivity index (χ4n) is 2.33. The molecule has 1 aliphatic rings. The first-order valence-corrected chi connectivity index (χ1v) is 8.78. The molecule has 1 heterocycles. The second-order valence-corrected chi connectivity index (χ2v) is 7.89. The number of nitrogens with zero attached hydrogens (tertiary/aromatic N) is 1. The molecule has 22 heavy (non-hydrogen) atoms. The molecule has 0 saturated carbocycles. The highest BCUT2D eigenvalue weighted by Gasteiger charge is 2.21. The molecule has 3 rings (SSSR count). The molecule has 0 unspecified atom stereocenters. The number of hydrazone groups is 1. The van der Waals surface area contributed by atoms with Crippen LogP contribution in [-0.2, 0) is 0 Å². The molecule has 6 heteroatoms. The second kappa shape index (κ2) is 6.71. The van der Waals surface area contributed by atoms with Gasteiger partial charge in [0.1, 0.15) is 0 Å². The van der Waals surface area contributed by atoms with E-state index < -0.39 is 0 Å². The summed E-state index contributed by atoms with van der Waals surface area (Å²) in [7, 11) is 0. The topological polar surface area (TPSA) is 24.4 Å². The first-order valence-electron chi connectivity index (χ1n) is 6.76. The molecule has 2 aromatic rings. The number of thioether (sulfide) groups is 1. The van der Waals surface area contributed by atoms with Crippen molar-refractivity contribution in [2.24, 2.45) is 5.10 Å². The highest BCUT2D eigenvalue weighted by atomic mass is 35.5. The molecule has 0 aliphatic carbocycles. The fraction of sp³-hybridized carbons (Fsp3) is 0.188. The summed E-state index contributed by atoms with van der Waals surface area (Å²) >= 11 is 20.0. The van der Waals surface area contributed by atoms with Crippen LogP contribution in [0.2, 0.25) is 15.1 Å². The summed E-state index contributed by atoms with van der Waals surface area (Å²) in [6, 6.07) is 11.2. The summed E-state index contributed by atoms with van der Waals surface area (Å²) in [5, 5.41) is 6.88. The zero-order valence-corrected chi connectivity index (χ0v) is 14.8. The Labute approximate surface area is 148 Å². The number of anilines is 1. The van der Waals surface area contributed by atoms with Gasteiger partial charge in [0.15, 0.2) is 0 Å². The van der Waals surface area contributed by atoms with E-state index in [1.165, 1.54) is 4.90 Å².